The summed E-state index contributed by atoms with van der Waals surface area (Å²) in [5.74, 6) is 0.507. The summed E-state index contributed by atoms with van der Waals surface area (Å²) < 4.78 is 1.81. The molecule has 4 aromatic rings. The van der Waals surface area contributed by atoms with Crippen molar-refractivity contribution in [2.75, 3.05) is 11.1 Å². The summed E-state index contributed by atoms with van der Waals surface area (Å²) in [6.07, 6.45) is 0.191. The second-order valence-electron chi connectivity index (χ2n) is 7.57. The number of thioether (sulfide) groups is 1. The molecule has 0 atom stereocenters. The minimum absolute atomic E-state index is 0.139. The highest BCUT2D eigenvalue weighted by atomic mass is 32.2. The lowest BCUT2D eigenvalue weighted by atomic mass is 10.1. The number of aromatic amines is 2. The number of rotatable bonds is 7. The van der Waals surface area contributed by atoms with Crippen LogP contribution in [0.3, 0.4) is 0 Å². The quantitative estimate of drug-likeness (QED) is 0.363. The summed E-state index contributed by atoms with van der Waals surface area (Å²) >= 11 is 1.25. The number of aryl methyl sites for hydroxylation is 2. The molecule has 0 bridgehead atoms. The summed E-state index contributed by atoms with van der Waals surface area (Å²) in [5.41, 5.74) is 3.05. The van der Waals surface area contributed by atoms with Crippen molar-refractivity contribution in [1.29, 1.82) is 0 Å². The van der Waals surface area contributed by atoms with Crippen molar-refractivity contribution in [2.45, 2.75) is 25.4 Å². The first kappa shape index (κ1) is 22.3. The van der Waals surface area contributed by atoms with Crippen LogP contribution in [0.1, 0.15) is 22.6 Å². The molecule has 168 valence electrons. The topological polar surface area (TPSA) is 126 Å². The van der Waals surface area contributed by atoms with E-state index >= 15 is 0 Å². The van der Waals surface area contributed by atoms with E-state index in [-0.39, 0.29) is 18.1 Å². The maximum atomic E-state index is 12.6. The van der Waals surface area contributed by atoms with Gasteiger partial charge < -0.3 is 10.3 Å². The standard InChI is InChI=1S/C23H22N6O3S/c1-14-8-15(2)10-16(9-14)24-21(31)13-33-23-28-27-19(29(23)18-6-4-3-5-7-18)11-17-12-20(30)26-22(32)25-17/h3-10,12H,11,13H2,1-2H3,(H,24,31)(H2,25,26,30,32). The molecule has 0 aliphatic rings. The number of anilines is 1. The van der Waals surface area contributed by atoms with Crippen LogP contribution in [0.5, 0.6) is 0 Å². The number of aromatic nitrogens is 5. The van der Waals surface area contributed by atoms with Crippen molar-refractivity contribution in [2.24, 2.45) is 0 Å². The van der Waals surface area contributed by atoms with Crippen LogP contribution >= 0.6 is 11.8 Å². The van der Waals surface area contributed by atoms with Crippen molar-refractivity contribution in [3.05, 3.63) is 98.1 Å². The second-order valence-corrected chi connectivity index (χ2v) is 8.52. The molecule has 4 rings (SSSR count). The lowest BCUT2D eigenvalue weighted by Crippen LogP contribution is -2.23. The molecular formula is C23H22N6O3S. The Labute approximate surface area is 193 Å². The maximum Gasteiger partial charge on any atom is 0.325 e. The number of nitrogens with zero attached hydrogens (tertiary/aromatic N) is 3. The number of H-pyrrole nitrogens is 2. The molecule has 0 saturated heterocycles. The van der Waals surface area contributed by atoms with Crippen LogP contribution in [0.2, 0.25) is 0 Å². The van der Waals surface area contributed by atoms with E-state index in [9.17, 15) is 14.4 Å². The number of carbonyl (C=O) groups is 1. The van der Waals surface area contributed by atoms with Crippen LogP contribution in [0.25, 0.3) is 5.69 Å². The number of nitrogens with one attached hydrogen (secondary N) is 3. The van der Waals surface area contributed by atoms with Gasteiger partial charge in [0.05, 0.1) is 5.75 Å². The largest absolute Gasteiger partial charge is 0.325 e. The predicted octanol–water partition coefficient (Wildman–Crippen LogP) is 2.58. The number of hydrogen-bond donors (Lipinski definition) is 3. The van der Waals surface area contributed by atoms with Crippen molar-refractivity contribution < 1.29 is 4.79 Å². The van der Waals surface area contributed by atoms with Crippen LogP contribution in [0.15, 0.2) is 69.3 Å². The van der Waals surface area contributed by atoms with Crippen molar-refractivity contribution in [3.8, 4) is 5.69 Å². The average Bonchev–Trinajstić information content (AvgIpc) is 3.13. The Kier molecular flexibility index (Phi) is 6.55. The van der Waals surface area contributed by atoms with E-state index in [2.05, 4.69) is 25.5 Å². The van der Waals surface area contributed by atoms with Gasteiger partial charge in [0, 0.05) is 29.6 Å². The van der Waals surface area contributed by atoms with Gasteiger partial charge in [0.25, 0.3) is 5.56 Å². The number of hydrogen-bond acceptors (Lipinski definition) is 6. The summed E-state index contributed by atoms with van der Waals surface area (Å²) in [5, 5.41) is 12.0. The molecule has 0 radical (unpaired) electrons. The first-order valence-corrected chi connectivity index (χ1v) is 11.2. The molecule has 0 aliphatic heterocycles. The van der Waals surface area contributed by atoms with Gasteiger partial charge in [-0.25, -0.2) is 4.79 Å². The number of para-hydroxylation sites is 1. The molecule has 0 spiro atoms. The normalized spacial score (nSPS) is 10.8. The minimum Gasteiger partial charge on any atom is -0.325 e. The van der Waals surface area contributed by atoms with Crippen molar-refractivity contribution >= 4 is 23.4 Å². The second kappa shape index (κ2) is 9.70. The zero-order valence-electron chi connectivity index (χ0n) is 18.1. The maximum absolute atomic E-state index is 12.6. The Morgan fingerprint density at radius 2 is 1.73 bits per heavy atom. The van der Waals surface area contributed by atoms with E-state index in [1.807, 2.05) is 66.9 Å². The van der Waals surface area contributed by atoms with Gasteiger partial charge in [-0.15, -0.1) is 10.2 Å². The van der Waals surface area contributed by atoms with E-state index in [1.165, 1.54) is 17.8 Å². The zero-order valence-corrected chi connectivity index (χ0v) is 18.9. The van der Waals surface area contributed by atoms with Gasteiger partial charge in [0.1, 0.15) is 5.82 Å². The van der Waals surface area contributed by atoms with E-state index in [4.69, 9.17) is 0 Å². The average molecular weight is 463 g/mol. The molecule has 2 aromatic carbocycles. The number of benzene rings is 2. The van der Waals surface area contributed by atoms with E-state index in [1.54, 1.807) is 0 Å². The lowest BCUT2D eigenvalue weighted by Gasteiger charge is -2.11. The van der Waals surface area contributed by atoms with Crippen molar-refractivity contribution in [1.82, 2.24) is 24.7 Å². The molecule has 2 aromatic heterocycles. The third-order valence-electron chi connectivity index (χ3n) is 4.72. The Morgan fingerprint density at radius 1 is 1.00 bits per heavy atom. The molecule has 0 fully saturated rings. The van der Waals surface area contributed by atoms with Crippen LogP contribution in [0, 0.1) is 13.8 Å². The van der Waals surface area contributed by atoms with Gasteiger partial charge in [-0.3, -0.25) is 19.1 Å². The highest BCUT2D eigenvalue weighted by Crippen LogP contribution is 2.23. The first-order valence-electron chi connectivity index (χ1n) is 10.2. The van der Waals surface area contributed by atoms with Gasteiger partial charge >= 0.3 is 5.69 Å². The van der Waals surface area contributed by atoms with Gasteiger partial charge in [-0.1, -0.05) is 36.0 Å². The van der Waals surface area contributed by atoms with Crippen LogP contribution in [-0.4, -0.2) is 36.4 Å². The number of amides is 1. The Bertz CT molecular complexity index is 1360. The third kappa shape index (κ3) is 5.66. The third-order valence-corrected chi connectivity index (χ3v) is 5.65. The highest BCUT2D eigenvalue weighted by molar-refractivity contribution is 7.99. The fourth-order valence-electron chi connectivity index (χ4n) is 3.50. The fourth-order valence-corrected chi connectivity index (χ4v) is 4.27. The van der Waals surface area contributed by atoms with Crippen molar-refractivity contribution in [3.63, 3.8) is 0 Å². The van der Waals surface area contributed by atoms with Gasteiger partial charge in [-0.05, 0) is 49.2 Å². The SMILES string of the molecule is Cc1cc(C)cc(NC(=O)CSc2nnc(Cc3cc(=O)[nH]c(=O)[nH]3)n2-c2ccccc2)c1. The molecule has 2 heterocycles. The molecule has 0 aliphatic carbocycles. The van der Waals surface area contributed by atoms with Crippen LogP contribution in [0.4, 0.5) is 5.69 Å². The van der Waals surface area contributed by atoms with Gasteiger partial charge in [0.15, 0.2) is 5.16 Å². The minimum atomic E-state index is -0.582. The highest BCUT2D eigenvalue weighted by Gasteiger charge is 2.17. The lowest BCUT2D eigenvalue weighted by molar-refractivity contribution is -0.113. The molecule has 0 saturated carbocycles. The molecule has 0 unspecified atom stereocenters. The fraction of sp³-hybridized carbons (Fsp3) is 0.174. The number of carbonyl (C=O) groups excluding carboxylic acids is 1. The predicted molar refractivity (Wildman–Crippen MR) is 127 cm³/mol. The molecule has 3 N–H and O–H groups in total. The Hall–Kier alpha value is -3.92. The summed E-state index contributed by atoms with van der Waals surface area (Å²) in [4.78, 5) is 40.6. The molecule has 10 heteroatoms. The smallest absolute Gasteiger partial charge is 0.325 e. The first-order chi connectivity index (χ1) is 15.9. The van der Waals surface area contributed by atoms with E-state index < -0.39 is 11.2 Å². The Morgan fingerprint density at radius 3 is 2.42 bits per heavy atom. The van der Waals surface area contributed by atoms with Crippen LogP contribution in [-0.2, 0) is 11.2 Å². The summed E-state index contributed by atoms with van der Waals surface area (Å²) in [6, 6.07) is 16.7. The summed E-state index contributed by atoms with van der Waals surface area (Å²) in [6.45, 7) is 3.96. The van der Waals surface area contributed by atoms with Gasteiger partial charge in [-0.2, -0.15) is 0 Å². The Balaban J connectivity index is 1.57. The monoisotopic (exact) mass is 462 g/mol. The van der Waals surface area contributed by atoms with Crippen LogP contribution < -0.4 is 16.6 Å². The molecular weight excluding hydrogens is 440 g/mol. The van der Waals surface area contributed by atoms with E-state index in [0.29, 0.717) is 16.7 Å². The molecule has 1 amide bonds. The van der Waals surface area contributed by atoms with E-state index in [0.717, 1.165) is 22.5 Å². The summed E-state index contributed by atoms with van der Waals surface area (Å²) in [7, 11) is 0. The molecule has 9 nitrogen and oxygen atoms in total. The van der Waals surface area contributed by atoms with Gasteiger partial charge in [0.2, 0.25) is 5.91 Å². The molecule has 33 heavy (non-hydrogen) atoms. The zero-order chi connectivity index (χ0) is 23.4.